The first-order chi connectivity index (χ1) is 16.4. The van der Waals surface area contributed by atoms with Gasteiger partial charge in [0.25, 0.3) is 5.56 Å². The summed E-state index contributed by atoms with van der Waals surface area (Å²) >= 11 is 0. The maximum Gasteiger partial charge on any atom is 0.431 e. The van der Waals surface area contributed by atoms with E-state index in [2.05, 4.69) is 10.3 Å². The molecule has 0 aliphatic heterocycles. The molecule has 0 atom stereocenters. The van der Waals surface area contributed by atoms with Gasteiger partial charge in [0.1, 0.15) is 28.5 Å². The highest BCUT2D eigenvalue weighted by atomic mass is 19.4. The number of ether oxygens (including phenoxy) is 1. The van der Waals surface area contributed by atoms with Gasteiger partial charge in [-0.3, -0.25) is 9.36 Å². The number of alkyl halides is 3. The van der Waals surface area contributed by atoms with E-state index in [1.165, 1.54) is 10.7 Å². The van der Waals surface area contributed by atoms with Gasteiger partial charge in [-0.15, -0.1) is 5.10 Å². The number of carboxylic acids is 1. The van der Waals surface area contributed by atoms with Crippen LogP contribution in [0.25, 0.3) is 22.4 Å². The molecular formula is C21H15F4N5O5. The SMILES string of the molecule is Cc1ccc(OCC(=O)O)c(-n2nnc3cc(F)c(-n4c(=O)cc(C(F)(F)F)n(C)c4=O)cc32)c1. The first-order valence-corrected chi connectivity index (χ1v) is 9.79. The monoisotopic (exact) mass is 493 g/mol. The van der Waals surface area contributed by atoms with Crippen LogP contribution >= 0.6 is 0 Å². The third kappa shape index (κ3) is 4.25. The lowest BCUT2D eigenvalue weighted by Crippen LogP contribution is -2.41. The van der Waals surface area contributed by atoms with E-state index >= 15 is 0 Å². The van der Waals surface area contributed by atoms with E-state index in [0.29, 0.717) is 0 Å². The third-order valence-electron chi connectivity index (χ3n) is 5.06. The van der Waals surface area contributed by atoms with Crippen LogP contribution in [-0.2, 0) is 18.0 Å². The zero-order chi connectivity index (χ0) is 25.7. The summed E-state index contributed by atoms with van der Waals surface area (Å²) in [6, 6.07) is 6.81. The molecule has 1 N–H and O–H groups in total. The van der Waals surface area contributed by atoms with Crippen molar-refractivity contribution in [1.29, 1.82) is 0 Å². The summed E-state index contributed by atoms with van der Waals surface area (Å²) in [5.41, 5.74) is -3.91. The molecule has 2 heterocycles. The Kier molecular flexibility index (Phi) is 5.66. The molecule has 0 radical (unpaired) electrons. The zero-order valence-electron chi connectivity index (χ0n) is 18.0. The number of carboxylic acid groups (broad SMARTS) is 1. The number of aromatic nitrogens is 5. The minimum Gasteiger partial charge on any atom is -0.480 e. The van der Waals surface area contributed by atoms with Crippen LogP contribution in [0, 0.1) is 12.7 Å². The lowest BCUT2D eigenvalue weighted by atomic mass is 10.2. The molecule has 14 heteroatoms. The lowest BCUT2D eigenvalue weighted by Gasteiger charge is -2.15. The van der Waals surface area contributed by atoms with E-state index in [1.807, 2.05) is 0 Å². The largest absolute Gasteiger partial charge is 0.480 e. The van der Waals surface area contributed by atoms with E-state index in [4.69, 9.17) is 9.84 Å². The Bertz CT molecular complexity index is 1600. The van der Waals surface area contributed by atoms with Crippen molar-refractivity contribution in [2.45, 2.75) is 13.1 Å². The molecule has 182 valence electrons. The highest BCUT2D eigenvalue weighted by molar-refractivity contribution is 5.79. The number of nitrogens with zero attached hydrogens (tertiary/aromatic N) is 5. The van der Waals surface area contributed by atoms with E-state index in [-0.39, 0.29) is 37.7 Å². The first-order valence-electron chi connectivity index (χ1n) is 9.79. The Balaban J connectivity index is 1.96. The van der Waals surface area contributed by atoms with Crippen LogP contribution in [0.5, 0.6) is 5.75 Å². The van der Waals surface area contributed by atoms with Crippen molar-refractivity contribution >= 4 is 17.0 Å². The van der Waals surface area contributed by atoms with Crippen molar-refractivity contribution in [2.75, 3.05) is 6.61 Å². The minimum atomic E-state index is -4.98. The molecule has 0 aliphatic carbocycles. The maximum absolute atomic E-state index is 14.9. The third-order valence-corrected chi connectivity index (χ3v) is 5.06. The molecule has 4 aromatic rings. The van der Waals surface area contributed by atoms with E-state index in [1.54, 1.807) is 19.1 Å². The number of rotatable bonds is 5. The fourth-order valence-corrected chi connectivity index (χ4v) is 3.45. The number of hydrogen-bond donors (Lipinski definition) is 1. The quantitative estimate of drug-likeness (QED) is 0.423. The standard InChI is InChI=1S/C21H15F4N5O5/c1-10-3-4-16(35-9-19(32)33)15(5-10)30-14-7-13(11(22)6-12(14)26-27-30)29-18(31)8-17(21(23,24)25)28(2)20(29)34/h3-8H,9H2,1-2H3,(H,32,33). The van der Waals surface area contributed by atoms with Crippen LogP contribution in [0.3, 0.4) is 0 Å². The number of carbonyl (C=O) groups is 1. The molecule has 0 saturated heterocycles. The molecule has 10 nitrogen and oxygen atoms in total. The molecule has 4 rings (SSSR count). The average molecular weight is 493 g/mol. The number of aliphatic carboxylic acids is 1. The number of hydrogen-bond acceptors (Lipinski definition) is 6. The van der Waals surface area contributed by atoms with E-state index < -0.39 is 47.2 Å². The van der Waals surface area contributed by atoms with E-state index in [0.717, 1.165) is 24.7 Å². The summed E-state index contributed by atoms with van der Waals surface area (Å²) in [5.74, 6) is -2.24. The van der Waals surface area contributed by atoms with Crippen molar-refractivity contribution in [3.8, 4) is 17.1 Å². The predicted octanol–water partition coefficient (Wildman–Crippen LogP) is 2.20. The van der Waals surface area contributed by atoms with Crippen molar-refractivity contribution in [3.63, 3.8) is 0 Å². The van der Waals surface area contributed by atoms with Crippen LogP contribution < -0.4 is 16.0 Å². The fourth-order valence-electron chi connectivity index (χ4n) is 3.45. The Morgan fingerprint density at radius 1 is 1.11 bits per heavy atom. The topological polar surface area (TPSA) is 121 Å². The average Bonchev–Trinajstić information content (AvgIpc) is 3.17. The Morgan fingerprint density at radius 3 is 2.49 bits per heavy atom. The molecule has 2 aromatic carbocycles. The normalized spacial score (nSPS) is 11.7. The van der Waals surface area contributed by atoms with Gasteiger partial charge in [0.05, 0.1) is 11.2 Å². The summed E-state index contributed by atoms with van der Waals surface area (Å²) < 4.78 is 61.3. The Labute approximate surface area is 192 Å². The molecule has 0 aliphatic rings. The lowest BCUT2D eigenvalue weighted by molar-refractivity contribution is -0.144. The van der Waals surface area contributed by atoms with Crippen molar-refractivity contribution in [1.82, 2.24) is 24.1 Å². The molecule has 0 unspecified atom stereocenters. The second kappa shape index (κ2) is 8.38. The Morgan fingerprint density at radius 2 is 1.83 bits per heavy atom. The van der Waals surface area contributed by atoms with Crippen LogP contribution in [0.15, 0.2) is 46.0 Å². The second-order valence-corrected chi connectivity index (χ2v) is 7.49. The number of halogens is 4. The number of aryl methyl sites for hydroxylation is 1. The van der Waals surface area contributed by atoms with Gasteiger partial charge in [0, 0.05) is 19.2 Å². The van der Waals surface area contributed by atoms with Crippen LogP contribution in [0.2, 0.25) is 0 Å². The molecule has 0 saturated carbocycles. The summed E-state index contributed by atoms with van der Waals surface area (Å²) in [4.78, 5) is 36.0. The first kappa shape index (κ1) is 23.7. The van der Waals surface area contributed by atoms with Gasteiger partial charge < -0.3 is 9.84 Å². The van der Waals surface area contributed by atoms with Crippen molar-refractivity contribution in [3.05, 3.63) is 74.3 Å². The molecular weight excluding hydrogens is 478 g/mol. The van der Waals surface area contributed by atoms with Gasteiger partial charge in [-0.05, 0) is 30.7 Å². The summed E-state index contributed by atoms with van der Waals surface area (Å²) in [6.45, 7) is 1.07. The van der Waals surface area contributed by atoms with Gasteiger partial charge in [0.2, 0.25) is 0 Å². The highest BCUT2D eigenvalue weighted by Gasteiger charge is 2.35. The second-order valence-electron chi connectivity index (χ2n) is 7.49. The fraction of sp³-hybridized carbons (Fsp3) is 0.190. The Hall–Kier alpha value is -4.49. The van der Waals surface area contributed by atoms with Gasteiger partial charge in [-0.1, -0.05) is 11.3 Å². The van der Waals surface area contributed by atoms with Crippen molar-refractivity contribution in [2.24, 2.45) is 7.05 Å². The van der Waals surface area contributed by atoms with Gasteiger partial charge >= 0.3 is 17.8 Å². The number of fused-ring (bicyclic) bond motifs is 1. The van der Waals surface area contributed by atoms with Gasteiger partial charge in [-0.25, -0.2) is 23.2 Å². The molecule has 35 heavy (non-hydrogen) atoms. The maximum atomic E-state index is 14.9. The summed E-state index contributed by atoms with van der Waals surface area (Å²) in [5, 5.41) is 16.7. The summed E-state index contributed by atoms with van der Waals surface area (Å²) in [6.07, 6.45) is -4.98. The minimum absolute atomic E-state index is 0.00581. The van der Waals surface area contributed by atoms with E-state index in [9.17, 15) is 31.9 Å². The van der Waals surface area contributed by atoms with Gasteiger partial charge in [-0.2, -0.15) is 13.2 Å². The highest BCUT2D eigenvalue weighted by Crippen LogP contribution is 2.29. The molecule has 0 bridgehead atoms. The zero-order valence-corrected chi connectivity index (χ0v) is 18.0. The molecule has 2 aromatic heterocycles. The molecule has 0 amide bonds. The molecule has 0 fully saturated rings. The predicted molar refractivity (Wildman–Crippen MR) is 113 cm³/mol. The van der Waals surface area contributed by atoms with Crippen LogP contribution in [0.4, 0.5) is 17.6 Å². The smallest absolute Gasteiger partial charge is 0.431 e. The number of benzene rings is 2. The summed E-state index contributed by atoms with van der Waals surface area (Å²) in [7, 11) is 0.808. The van der Waals surface area contributed by atoms with Crippen LogP contribution in [0.1, 0.15) is 11.3 Å². The van der Waals surface area contributed by atoms with Gasteiger partial charge in [0.15, 0.2) is 6.61 Å². The van der Waals surface area contributed by atoms with Crippen molar-refractivity contribution < 1.29 is 32.2 Å². The van der Waals surface area contributed by atoms with Crippen LogP contribution in [-0.4, -0.2) is 41.8 Å². The molecule has 0 spiro atoms.